The molecule has 0 bridgehead atoms. The van der Waals surface area contributed by atoms with E-state index in [1.54, 1.807) is 6.92 Å². The van der Waals surface area contributed by atoms with Crippen LogP contribution in [0.15, 0.2) is 0 Å². The fourth-order valence-corrected chi connectivity index (χ4v) is 1.78. The Bertz CT molecular complexity index is 291. The molecule has 1 amide bonds. The van der Waals surface area contributed by atoms with Gasteiger partial charge in [-0.3, -0.25) is 4.79 Å². The van der Waals surface area contributed by atoms with Crippen molar-refractivity contribution in [3.05, 3.63) is 0 Å². The third-order valence-corrected chi connectivity index (χ3v) is 3.38. The Morgan fingerprint density at radius 2 is 2.12 bits per heavy atom. The van der Waals surface area contributed by atoms with Crippen LogP contribution in [0.5, 0.6) is 0 Å². The third kappa shape index (κ3) is 2.98. The van der Waals surface area contributed by atoms with Crippen LogP contribution in [0.2, 0.25) is 0 Å². The Balaban J connectivity index is 2.68. The molecule has 1 saturated carbocycles. The number of amides is 1. The van der Waals surface area contributed by atoms with Crippen molar-refractivity contribution < 1.29 is 4.79 Å². The minimum Gasteiger partial charge on any atom is -0.341 e. The molecule has 3 heteroatoms. The molecule has 3 nitrogen and oxygen atoms in total. The lowest BCUT2D eigenvalue weighted by molar-refractivity contribution is -0.138. The molecular formula is C13H22N2O. The predicted octanol–water partition coefficient (Wildman–Crippen LogP) is 2.57. The van der Waals surface area contributed by atoms with Gasteiger partial charge in [-0.15, -0.1) is 0 Å². The standard InChI is InChI=1S/C13H22N2O/c1-4-8-15(9-11-6-7-11)12(16)13(3,5-2)10-14/h11H,4-9H2,1-3H3. The molecule has 1 atom stereocenters. The van der Waals surface area contributed by atoms with Crippen LogP contribution in [0.4, 0.5) is 0 Å². The van der Waals surface area contributed by atoms with Crippen molar-refractivity contribution in [1.29, 1.82) is 5.26 Å². The topological polar surface area (TPSA) is 44.1 Å². The van der Waals surface area contributed by atoms with Crippen LogP contribution in [0.1, 0.15) is 46.5 Å². The number of hydrogen-bond acceptors (Lipinski definition) is 2. The second-order valence-corrected chi connectivity index (χ2v) is 4.99. The van der Waals surface area contributed by atoms with E-state index in [0.717, 1.165) is 19.5 Å². The summed E-state index contributed by atoms with van der Waals surface area (Å²) in [5.74, 6) is 0.710. The average molecular weight is 222 g/mol. The van der Waals surface area contributed by atoms with Crippen LogP contribution in [-0.2, 0) is 4.79 Å². The quantitative estimate of drug-likeness (QED) is 0.693. The molecule has 0 spiro atoms. The van der Waals surface area contributed by atoms with Crippen molar-refractivity contribution in [3.8, 4) is 6.07 Å². The zero-order valence-corrected chi connectivity index (χ0v) is 10.6. The van der Waals surface area contributed by atoms with Crippen molar-refractivity contribution in [3.63, 3.8) is 0 Å². The first-order valence-corrected chi connectivity index (χ1v) is 6.28. The van der Waals surface area contributed by atoms with E-state index in [0.29, 0.717) is 12.3 Å². The molecule has 0 saturated heterocycles. The molecule has 0 radical (unpaired) electrons. The van der Waals surface area contributed by atoms with E-state index in [2.05, 4.69) is 13.0 Å². The summed E-state index contributed by atoms with van der Waals surface area (Å²) in [5, 5.41) is 9.13. The number of hydrogen-bond donors (Lipinski definition) is 0. The SMILES string of the molecule is CCCN(CC1CC1)C(=O)C(C)(C#N)CC. The monoisotopic (exact) mass is 222 g/mol. The van der Waals surface area contributed by atoms with Gasteiger partial charge in [-0.25, -0.2) is 0 Å². The van der Waals surface area contributed by atoms with Gasteiger partial charge in [-0.05, 0) is 38.5 Å². The fraction of sp³-hybridized carbons (Fsp3) is 0.846. The highest BCUT2D eigenvalue weighted by molar-refractivity contribution is 5.85. The summed E-state index contributed by atoms with van der Waals surface area (Å²) in [6.07, 6.45) is 4.03. The molecule has 0 heterocycles. The second-order valence-electron chi connectivity index (χ2n) is 4.99. The maximum atomic E-state index is 12.3. The molecular weight excluding hydrogens is 200 g/mol. The van der Waals surface area contributed by atoms with Gasteiger partial charge in [0.1, 0.15) is 5.41 Å². The van der Waals surface area contributed by atoms with E-state index in [4.69, 9.17) is 5.26 Å². The van der Waals surface area contributed by atoms with Gasteiger partial charge in [0.2, 0.25) is 5.91 Å². The predicted molar refractivity (Wildman–Crippen MR) is 63.6 cm³/mol. The lowest BCUT2D eigenvalue weighted by atomic mass is 9.87. The summed E-state index contributed by atoms with van der Waals surface area (Å²) in [7, 11) is 0. The summed E-state index contributed by atoms with van der Waals surface area (Å²) in [6, 6.07) is 2.17. The second kappa shape index (κ2) is 5.34. The van der Waals surface area contributed by atoms with Gasteiger partial charge in [-0.2, -0.15) is 5.26 Å². The van der Waals surface area contributed by atoms with Crippen LogP contribution >= 0.6 is 0 Å². The molecule has 16 heavy (non-hydrogen) atoms. The van der Waals surface area contributed by atoms with Crippen molar-refractivity contribution >= 4 is 5.91 Å². The first-order chi connectivity index (χ1) is 7.57. The fourth-order valence-electron chi connectivity index (χ4n) is 1.78. The van der Waals surface area contributed by atoms with Gasteiger partial charge in [0.05, 0.1) is 6.07 Å². The van der Waals surface area contributed by atoms with Crippen molar-refractivity contribution in [2.75, 3.05) is 13.1 Å². The van der Waals surface area contributed by atoms with E-state index < -0.39 is 5.41 Å². The Morgan fingerprint density at radius 3 is 2.50 bits per heavy atom. The third-order valence-electron chi connectivity index (χ3n) is 3.38. The largest absolute Gasteiger partial charge is 0.341 e. The van der Waals surface area contributed by atoms with Crippen LogP contribution < -0.4 is 0 Å². The Hall–Kier alpha value is -1.04. The maximum Gasteiger partial charge on any atom is 0.242 e. The molecule has 1 unspecified atom stereocenters. The molecule has 0 aliphatic heterocycles. The molecule has 1 aliphatic carbocycles. The number of carbonyl (C=O) groups is 1. The highest BCUT2D eigenvalue weighted by Crippen LogP contribution is 2.32. The Morgan fingerprint density at radius 1 is 1.50 bits per heavy atom. The van der Waals surface area contributed by atoms with Gasteiger partial charge in [0.15, 0.2) is 0 Å². The van der Waals surface area contributed by atoms with Crippen LogP contribution in [0.3, 0.4) is 0 Å². The molecule has 0 aromatic carbocycles. The minimum atomic E-state index is -0.829. The molecule has 0 aromatic rings. The first kappa shape index (κ1) is 13.0. The normalized spacial score (nSPS) is 18.6. The number of carbonyl (C=O) groups excluding carboxylic acids is 1. The maximum absolute atomic E-state index is 12.3. The number of nitrogens with zero attached hydrogens (tertiary/aromatic N) is 2. The zero-order chi connectivity index (χ0) is 12.2. The molecule has 1 rings (SSSR count). The van der Waals surface area contributed by atoms with Gasteiger partial charge in [-0.1, -0.05) is 13.8 Å². The number of nitriles is 1. The highest BCUT2D eigenvalue weighted by Gasteiger charge is 2.37. The summed E-state index contributed by atoms with van der Waals surface area (Å²) in [6.45, 7) is 7.37. The summed E-state index contributed by atoms with van der Waals surface area (Å²) >= 11 is 0. The smallest absolute Gasteiger partial charge is 0.242 e. The number of rotatable bonds is 6. The molecule has 90 valence electrons. The lowest BCUT2D eigenvalue weighted by Gasteiger charge is -2.29. The van der Waals surface area contributed by atoms with Crippen LogP contribution in [0, 0.1) is 22.7 Å². The molecule has 0 N–H and O–H groups in total. The summed E-state index contributed by atoms with van der Waals surface area (Å²) < 4.78 is 0. The first-order valence-electron chi connectivity index (χ1n) is 6.28. The van der Waals surface area contributed by atoms with Gasteiger partial charge in [0.25, 0.3) is 0 Å². The van der Waals surface area contributed by atoms with Crippen molar-refractivity contribution in [2.45, 2.75) is 46.5 Å². The average Bonchev–Trinajstić information content (AvgIpc) is 3.10. The summed E-state index contributed by atoms with van der Waals surface area (Å²) in [5.41, 5.74) is -0.829. The molecule has 1 fully saturated rings. The van der Waals surface area contributed by atoms with E-state index in [9.17, 15) is 4.79 Å². The Labute approximate surface area is 98.4 Å². The lowest BCUT2D eigenvalue weighted by Crippen LogP contribution is -2.43. The van der Waals surface area contributed by atoms with E-state index in [-0.39, 0.29) is 5.91 Å². The van der Waals surface area contributed by atoms with Crippen molar-refractivity contribution in [2.24, 2.45) is 11.3 Å². The summed E-state index contributed by atoms with van der Waals surface area (Å²) in [4.78, 5) is 14.2. The Kier molecular flexibility index (Phi) is 4.35. The highest BCUT2D eigenvalue weighted by atomic mass is 16.2. The minimum absolute atomic E-state index is 0.0197. The van der Waals surface area contributed by atoms with E-state index >= 15 is 0 Å². The molecule has 0 aromatic heterocycles. The van der Waals surface area contributed by atoms with Crippen LogP contribution in [-0.4, -0.2) is 23.9 Å². The van der Waals surface area contributed by atoms with Gasteiger partial charge in [0, 0.05) is 13.1 Å². The van der Waals surface area contributed by atoms with Gasteiger partial charge >= 0.3 is 0 Å². The van der Waals surface area contributed by atoms with Crippen molar-refractivity contribution in [1.82, 2.24) is 4.90 Å². The molecule has 1 aliphatic rings. The zero-order valence-electron chi connectivity index (χ0n) is 10.6. The van der Waals surface area contributed by atoms with Gasteiger partial charge < -0.3 is 4.90 Å². The van der Waals surface area contributed by atoms with E-state index in [1.807, 2.05) is 11.8 Å². The van der Waals surface area contributed by atoms with Crippen LogP contribution in [0.25, 0.3) is 0 Å². The van der Waals surface area contributed by atoms with E-state index in [1.165, 1.54) is 12.8 Å².